The van der Waals surface area contributed by atoms with Gasteiger partial charge in [0.05, 0.1) is 13.1 Å². The predicted octanol–water partition coefficient (Wildman–Crippen LogP) is 2.44. The zero-order chi connectivity index (χ0) is 12.3. The number of imidazole rings is 1. The summed E-state index contributed by atoms with van der Waals surface area (Å²) in [4.78, 5) is 4.20. The number of hydrogen-bond acceptors (Lipinski definition) is 2. The first-order valence-corrected chi connectivity index (χ1v) is 5.67. The predicted molar refractivity (Wildman–Crippen MR) is 65.5 cm³/mol. The average Bonchev–Trinajstić information content (AvgIpc) is 2.71. The summed E-state index contributed by atoms with van der Waals surface area (Å²) in [6.07, 6.45) is 3.54. The van der Waals surface area contributed by atoms with Gasteiger partial charge in [0, 0.05) is 23.0 Å². The van der Waals surface area contributed by atoms with Gasteiger partial charge in [-0.1, -0.05) is 17.7 Å². The first-order chi connectivity index (χ1) is 8.20. The van der Waals surface area contributed by atoms with Crippen LogP contribution in [0.1, 0.15) is 11.4 Å². The fraction of sp³-hybridized carbons (Fsp3) is 0.250. The van der Waals surface area contributed by atoms with E-state index in [0.717, 1.165) is 5.82 Å². The molecule has 17 heavy (non-hydrogen) atoms. The van der Waals surface area contributed by atoms with Crippen molar-refractivity contribution in [2.24, 2.45) is 0 Å². The maximum atomic E-state index is 13.6. The van der Waals surface area contributed by atoms with Crippen LogP contribution < -0.4 is 5.32 Å². The lowest BCUT2D eigenvalue weighted by molar-refractivity contribution is 0.590. The van der Waals surface area contributed by atoms with Gasteiger partial charge in [-0.25, -0.2) is 9.37 Å². The van der Waals surface area contributed by atoms with Crippen LogP contribution in [0.4, 0.5) is 4.39 Å². The fourth-order valence-corrected chi connectivity index (χ4v) is 1.80. The highest BCUT2D eigenvalue weighted by Gasteiger charge is 2.06. The van der Waals surface area contributed by atoms with E-state index >= 15 is 0 Å². The number of halogens is 2. The molecule has 0 radical (unpaired) electrons. The number of rotatable bonds is 4. The van der Waals surface area contributed by atoms with Gasteiger partial charge < -0.3 is 9.88 Å². The van der Waals surface area contributed by atoms with E-state index < -0.39 is 0 Å². The number of hydrogen-bond donors (Lipinski definition) is 1. The highest BCUT2D eigenvalue weighted by Crippen LogP contribution is 2.16. The Bertz CT molecular complexity index is 510. The summed E-state index contributed by atoms with van der Waals surface area (Å²) in [6.45, 7) is 1.11. The SMILES string of the molecule is CNCc1nccn1Cc1ccc(Cl)cc1F. The molecule has 0 fully saturated rings. The molecule has 2 aromatic rings. The third-order valence-electron chi connectivity index (χ3n) is 2.49. The second-order valence-electron chi connectivity index (χ2n) is 3.74. The van der Waals surface area contributed by atoms with E-state index in [2.05, 4.69) is 10.3 Å². The summed E-state index contributed by atoms with van der Waals surface area (Å²) in [5.74, 6) is 0.587. The fourth-order valence-electron chi connectivity index (χ4n) is 1.64. The minimum Gasteiger partial charge on any atom is -0.329 e. The van der Waals surface area contributed by atoms with Gasteiger partial charge >= 0.3 is 0 Å². The molecule has 2 rings (SSSR count). The van der Waals surface area contributed by atoms with Crippen molar-refractivity contribution >= 4 is 11.6 Å². The van der Waals surface area contributed by atoms with E-state index in [1.54, 1.807) is 18.3 Å². The lowest BCUT2D eigenvalue weighted by Crippen LogP contribution is -2.13. The second-order valence-corrected chi connectivity index (χ2v) is 4.17. The molecule has 1 aromatic carbocycles. The Morgan fingerprint density at radius 2 is 2.29 bits per heavy atom. The lowest BCUT2D eigenvalue weighted by atomic mass is 10.2. The van der Waals surface area contributed by atoms with Gasteiger partial charge in [-0.05, 0) is 19.2 Å². The quantitative estimate of drug-likeness (QED) is 0.907. The van der Waals surface area contributed by atoms with Crippen molar-refractivity contribution in [1.29, 1.82) is 0 Å². The highest BCUT2D eigenvalue weighted by molar-refractivity contribution is 6.30. The Morgan fingerprint density at radius 1 is 1.47 bits per heavy atom. The molecule has 0 spiro atoms. The molecule has 1 heterocycles. The summed E-state index contributed by atoms with van der Waals surface area (Å²) >= 11 is 5.71. The maximum absolute atomic E-state index is 13.6. The standard InChI is InChI=1S/C12H13ClFN3/c1-15-7-12-16-4-5-17(12)8-9-2-3-10(13)6-11(9)14/h2-6,15H,7-8H2,1H3. The molecule has 0 bridgehead atoms. The molecule has 90 valence electrons. The number of benzene rings is 1. The van der Waals surface area contributed by atoms with Crippen molar-refractivity contribution in [2.45, 2.75) is 13.1 Å². The summed E-state index contributed by atoms with van der Waals surface area (Å²) in [5, 5.41) is 3.43. The average molecular weight is 254 g/mol. The first-order valence-electron chi connectivity index (χ1n) is 5.29. The largest absolute Gasteiger partial charge is 0.329 e. The van der Waals surface area contributed by atoms with Crippen molar-refractivity contribution < 1.29 is 4.39 Å². The van der Waals surface area contributed by atoms with Crippen molar-refractivity contribution in [1.82, 2.24) is 14.9 Å². The van der Waals surface area contributed by atoms with Crippen LogP contribution in [0.5, 0.6) is 0 Å². The molecular weight excluding hydrogens is 241 g/mol. The molecule has 1 aromatic heterocycles. The van der Waals surface area contributed by atoms with Crippen LogP contribution in [0.15, 0.2) is 30.6 Å². The number of nitrogens with one attached hydrogen (secondary N) is 1. The summed E-state index contributed by atoms with van der Waals surface area (Å²) in [5.41, 5.74) is 0.602. The first kappa shape index (κ1) is 12.1. The van der Waals surface area contributed by atoms with Crippen LogP contribution >= 0.6 is 11.6 Å². The zero-order valence-electron chi connectivity index (χ0n) is 9.45. The summed E-state index contributed by atoms with van der Waals surface area (Å²) in [6, 6.07) is 4.71. The van der Waals surface area contributed by atoms with Crippen molar-refractivity contribution in [3.63, 3.8) is 0 Å². The molecule has 0 aliphatic carbocycles. The number of nitrogens with zero attached hydrogens (tertiary/aromatic N) is 2. The van der Waals surface area contributed by atoms with Crippen LogP contribution in [0, 0.1) is 5.82 Å². The summed E-state index contributed by atoms with van der Waals surface area (Å²) < 4.78 is 15.5. The molecule has 1 N–H and O–H groups in total. The Hall–Kier alpha value is -1.39. The van der Waals surface area contributed by atoms with Crippen molar-refractivity contribution in [3.8, 4) is 0 Å². The zero-order valence-corrected chi connectivity index (χ0v) is 10.2. The van der Waals surface area contributed by atoms with Crippen molar-refractivity contribution in [2.75, 3.05) is 7.05 Å². The van der Waals surface area contributed by atoms with E-state index in [-0.39, 0.29) is 5.82 Å². The summed E-state index contributed by atoms with van der Waals surface area (Å²) in [7, 11) is 1.85. The highest BCUT2D eigenvalue weighted by atomic mass is 35.5. The van der Waals surface area contributed by atoms with E-state index in [1.165, 1.54) is 6.07 Å². The number of aromatic nitrogens is 2. The van der Waals surface area contributed by atoms with Crippen molar-refractivity contribution in [3.05, 3.63) is 52.8 Å². The van der Waals surface area contributed by atoms with Gasteiger partial charge in [-0.3, -0.25) is 0 Å². The van der Waals surface area contributed by atoms with Crippen LogP contribution in [-0.2, 0) is 13.1 Å². The lowest BCUT2D eigenvalue weighted by Gasteiger charge is -2.08. The van der Waals surface area contributed by atoms with E-state index in [4.69, 9.17) is 11.6 Å². The Kier molecular flexibility index (Phi) is 3.76. The van der Waals surface area contributed by atoms with Crippen LogP contribution in [0.2, 0.25) is 5.02 Å². The van der Waals surface area contributed by atoms with E-state index in [9.17, 15) is 4.39 Å². The molecule has 3 nitrogen and oxygen atoms in total. The monoisotopic (exact) mass is 253 g/mol. The van der Waals surface area contributed by atoms with E-state index in [1.807, 2.05) is 17.8 Å². The smallest absolute Gasteiger partial charge is 0.129 e. The van der Waals surface area contributed by atoms with Gasteiger partial charge in [0.1, 0.15) is 11.6 Å². The second kappa shape index (κ2) is 5.29. The molecule has 0 atom stereocenters. The molecule has 5 heteroatoms. The van der Waals surface area contributed by atoms with Gasteiger partial charge in [-0.2, -0.15) is 0 Å². The van der Waals surface area contributed by atoms with Crippen LogP contribution in [0.3, 0.4) is 0 Å². The minimum atomic E-state index is -0.290. The normalized spacial score (nSPS) is 10.8. The molecule has 0 unspecified atom stereocenters. The van der Waals surface area contributed by atoms with Gasteiger partial charge in [-0.15, -0.1) is 0 Å². The third kappa shape index (κ3) is 2.84. The van der Waals surface area contributed by atoms with Gasteiger partial charge in [0.2, 0.25) is 0 Å². The Balaban J connectivity index is 2.22. The third-order valence-corrected chi connectivity index (χ3v) is 2.73. The molecule has 0 aliphatic rings. The molecule has 0 aliphatic heterocycles. The molecular formula is C12H13ClFN3. The van der Waals surface area contributed by atoms with Crippen LogP contribution in [-0.4, -0.2) is 16.6 Å². The Morgan fingerprint density at radius 3 is 3.00 bits per heavy atom. The van der Waals surface area contributed by atoms with Gasteiger partial charge in [0.15, 0.2) is 0 Å². The van der Waals surface area contributed by atoms with Gasteiger partial charge in [0.25, 0.3) is 0 Å². The minimum absolute atomic E-state index is 0.290. The molecule has 0 amide bonds. The molecule has 0 saturated carbocycles. The molecule has 0 saturated heterocycles. The topological polar surface area (TPSA) is 29.9 Å². The Labute approximate surface area is 104 Å². The van der Waals surface area contributed by atoms with Crippen LogP contribution in [0.25, 0.3) is 0 Å². The van der Waals surface area contributed by atoms with E-state index in [0.29, 0.717) is 23.7 Å². The maximum Gasteiger partial charge on any atom is 0.129 e.